The molecule has 0 amide bonds. The Morgan fingerprint density at radius 1 is 0.773 bits per heavy atom. The van der Waals surface area contributed by atoms with E-state index < -0.39 is 11.6 Å². The molecule has 0 saturated carbocycles. The topological polar surface area (TPSA) is 18.5 Å². The van der Waals surface area contributed by atoms with Crippen LogP contribution in [0.5, 0.6) is 11.5 Å². The third kappa shape index (κ3) is 2.28. The van der Waals surface area contributed by atoms with Crippen LogP contribution < -0.4 is 9.47 Å². The summed E-state index contributed by atoms with van der Waals surface area (Å²) in [4.78, 5) is 1.17. The Kier molecular flexibility index (Phi) is 4.13. The smallest absolute Gasteiger partial charge is 0.178 e. The first kappa shape index (κ1) is 15.0. The van der Waals surface area contributed by atoms with E-state index in [4.69, 9.17) is 9.47 Å². The predicted molar refractivity (Wildman–Crippen MR) is 86.1 cm³/mol. The van der Waals surface area contributed by atoms with Crippen LogP contribution in [0.1, 0.15) is 0 Å². The zero-order chi connectivity index (χ0) is 15.7. The standard InChI is InChI=1S/C16H12F2O2S2/c1-19-15-11(9-5-3-7-21-9)14(18)16(20-2)12(13(15)17)10-6-4-8-22-10/h3-8H,1-2H3. The minimum atomic E-state index is -0.619. The summed E-state index contributed by atoms with van der Waals surface area (Å²) in [5, 5.41) is 3.59. The van der Waals surface area contributed by atoms with E-state index in [1.54, 1.807) is 35.0 Å². The number of methoxy groups -OCH3 is 2. The zero-order valence-corrected chi connectivity index (χ0v) is 13.5. The van der Waals surface area contributed by atoms with E-state index >= 15 is 0 Å². The van der Waals surface area contributed by atoms with Crippen LogP contribution >= 0.6 is 22.7 Å². The van der Waals surface area contributed by atoms with Crippen LogP contribution in [0.3, 0.4) is 0 Å². The number of rotatable bonds is 4. The number of ether oxygens (including phenoxy) is 2. The highest BCUT2D eigenvalue weighted by atomic mass is 32.1. The van der Waals surface area contributed by atoms with Gasteiger partial charge in [0.25, 0.3) is 0 Å². The third-order valence-corrected chi connectivity index (χ3v) is 5.01. The third-order valence-electron chi connectivity index (χ3n) is 3.24. The van der Waals surface area contributed by atoms with Gasteiger partial charge in [-0.2, -0.15) is 0 Å². The highest BCUT2D eigenvalue weighted by Gasteiger charge is 2.28. The molecule has 0 bridgehead atoms. The molecule has 1 aromatic carbocycles. The van der Waals surface area contributed by atoms with E-state index in [1.165, 1.54) is 36.9 Å². The molecular formula is C16H12F2O2S2. The number of halogens is 2. The molecule has 6 heteroatoms. The van der Waals surface area contributed by atoms with Crippen molar-refractivity contribution in [3.05, 3.63) is 46.7 Å². The molecule has 22 heavy (non-hydrogen) atoms. The molecule has 0 aliphatic carbocycles. The lowest BCUT2D eigenvalue weighted by Crippen LogP contribution is -2.02. The Bertz CT molecular complexity index is 713. The second-order valence-electron chi connectivity index (χ2n) is 4.40. The second-order valence-corrected chi connectivity index (χ2v) is 6.29. The Labute approximate surface area is 134 Å². The van der Waals surface area contributed by atoms with E-state index in [0.29, 0.717) is 9.75 Å². The fourth-order valence-corrected chi connectivity index (χ4v) is 3.83. The lowest BCUT2D eigenvalue weighted by atomic mass is 10.0. The molecule has 0 aliphatic rings. The number of benzene rings is 1. The number of hydrogen-bond acceptors (Lipinski definition) is 4. The summed E-state index contributed by atoms with van der Waals surface area (Å²) in [7, 11) is 2.67. The molecule has 2 heterocycles. The Morgan fingerprint density at radius 2 is 1.18 bits per heavy atom. The van der Waals surface area contributed by atoms with E-state index in [9.17, 15) is 8.78 Å². The Morgan fingerprint density at radius 3 is 1.45 bits per heavy atom. The van der Waals surface area contributed by atoms with Crippen molar-refractivity contribution in [1.82, 2.24) is 0 Å². The molecule has 0 saturated heterocycles. The van der Waals surface area contributed by atoms with Gasteiger partial charge < -0.3 is 9.47 Å². The largest absolute Gasteiger partial charge is 0.493 e. The molecule has 3 aromatic rings. The molecule has 0 atom stereocenters. The average molecular weight is 338 g/mol. The van der Waals surface area contributed by atoms with Gasteiger partial charge in [0, 0.05) is 9.75 Å². The monoisotopic (exact) mass is 338 g/mol. The molecule has 2 nitrogen and oxygen atoms in total. The maximum Gasteiger partial charge on any atom is 0.178 e. The van der Waals surface area contributed by atoms with Gasteiger partial charge in [0.1, 0.15) is 0 Å². The van der Waals surface area contributed by atoms with Gasteiger partial charge in [-0.1, -0.05) is 12.1 Å². The highest BCUT2D eigenvalue weighted by Crippen LogP contribution is 2.48. The van der Waals surface area contributed by atoms with Gasteiger partial charge in [0.2, 0.25) is 0 Å². The van der Waals surface area contributed by atoms with Crippen molar-refractivity contribution in [2.45, 2.75) is 0 Å². The lowest BCUT2D eigenvalue weighted by Gasteiger charge is -2.16. The van der Waals surface area contributed by atoms with E-state index in [2.05, 4.69) is 0 Å². The first-order valence-electron chi connectivity index (χ1n) is 6.39. The van der Waals surface area contributed by atoms with E-state index in [-0.39, 0.29) is 22.6 Å². The van der Waals surface area contributed by atoms with Crippen molar-refractivity contribution < 1.29 is 18.3 Å². The van der Waals surface area contributed by atoms with Crippen LogP contribution in [-0.2, 0) is 0 Å². The minimum absolute atomic E-state index is 0.0900. The summed E-state index contributed by atoms with van der Waals surface area (Å²) in [6.45, 7) is 0. The number of thiophene rings is 2. The second kappa shape index (κ2) is 6.06. The molecular weight excluding hydrogens is 326 g/mol. The molecule has 114 valence electrons. The van der Waals surface area contributed by atoms with Gasteiger partial charge in [-0.15, -0.1) is 22.7 Å². The van der Waals surface area contributed by atoms with Gasteiger partial charge in [0.15, 0.2) is 23.1 Å². The van der Waals surface area contributed by atoms with Crippen molar-refractivity contribution >= 4 is 22.7 Å². The summed E-state index contributed by atoms with van der Waals surface area (Å²) >= 11 is 2.62. The quantitative estimate of drug-likeness (QED) is 0.631. The normalized spacial score (nSPS) is 10.7. The molecule has 0 unspecified atom stereocenters. The first-order chi connectivity index (χ1) is 10.7. The summed E-state index contributed by atoms with van der Waals surface area (Å²) in [6.07, 6.45) is 0. The van der Waals surface area contributed by atoms with Crippen molar-refractivity contribution in [2.75, 3.05) is 14.2 Å². The summed E-state index contributed by atoms with van der Waals surface area (Å²) in [5.41, 5.74) is 0.180. The van der Waals surface area contributed by atoms with Crippen LogP contribution in [0.25, 0.3) is 20.9 Å². The predicted octanol–water partition coefficient (Wildman–Crippen LogP) is 5.44. The summed E-state index contributed by atoms with van der Waals surface area (Å²) < 4.78 is 40.2. The van der Waals surface area contributed by atoms with Crippen LogP contribution in [0, 0.1) is 11.6 Å². The Balaban J connectivity index is 2.38. The van der Waals surface area contributed by atoms with E-state index in [1.807, 2.05) is 0 Å². The Hall–Kier alpha value is -1.92. The van der Waals surface area contributed by atoms with Crippen LogP contribution in [-0.4, -0.2) is 14.2 Å². The number of hydrogen-bond donors (Lipinski definition) is 0. The van der Waals surface area contributed by atoms with Crippen molar-refractivity contribution in [3.63, 3.8) is 0 Å². The molecule has 0 N–H and O–H groups in total. The van der Waals surface area contributed by atoms with Crippen molar-refractivity contribution in [3.8, 4) is 32.4 Å². The van der Waals surface area contributed by atoms with Gasteiger partial charge in [-0.3, -0.25) is 0 Å². The van der Waals surface area contributed by atoms with Gasteiger partial charge in [0.05, 0.1) is 25.3 Å². The van der Waals surface area contributed by atoms with Gasteiger partial charge in [-0.25, -0.2) is 8.78 Å². The van der Waals surface area contributed by atoms with E-state index in [0.717, 1.165) is 0 Å². The SMILES string of the molecule is COc1c(F)c(-c2cccs2)c(OC)c(F)c1-c1cccs1. The molecule has 0 radical (unpaired) electrons. The van der Waals surface area contributed by atoms with Crippen LogP contribution in [0.15, 0.2) is 35.0 Å². The van der Waals surface area contributed by atoms with Gasteiger partial charge >= 0.3 is 0 Å². The van der Waals surface area contributed by atoms with Crippen molar-refractivity contribution in [2.24, 2.45) is 0 Å². The van der Waals surface area contributed by atoms with Gasteiger partial charge in [-0.05, 0) is 22.9 Å². The minimum Gasteiger partial charge on any atom is -0.493 e. The first-order valence-corrected chi connectivity index (χ1v) is 8.15. The van der Waals surface area contributed by atoms with Crippen LogP contribution in [0.4, 0.5) is 8.78 Å². The fraction of sp³-hybridized carbons (Fsp3) is 0.125. The zero-order valence-electron chi connectivity index (χ0n) is 11.9. The fourth-order valence-electron chi connectivity index (χ4n) is 2.31. The molecule has 2 aromatic heterocycles. The lowest BCUT2D eigenvalue weighted by molar-refractivity contribution is 0.364. The highest BCUT2D eigenvalue weighted by molar-refractivity contribution is 7.14. The molecule has 0 fully saturated rings. The van der Waals surface area contributed by atoms with Crippen molar-refractivity contribution in [1.29, 1.82) is 0 Å². The summed E-state index contributed by atoms with van der Waals surface area (Å²) in [5.74, 6) is -1.45. The average Bonchev–Trinajstić information content (AvgIpc) is 3.21. The molecule has 3 rings (SSSR count). The van der Waals surface area contributed by atoms with Crippen LogP contribution in [0.2, 0.25) is 0 Å². The maximum atomic E-state index is 15.0. The maximum absolute atomic E-state index is 15.0. The molecule has 0 spiro atoms. The summed E-state index contributed by atoms with van der Waals surface area (Å²) in [6, 6.07) is 6.98. The molecule has 0 aliphatic heterocycles.